The number of aromatic nitrogens is 4. The van der Waals surface area contributed by atoms with E-state index in [0.717, 1.165) is 18.5 Å². The van der Waals surface area contributed by atoms with Crippen molar-refractivity contribution >= 4 is 22.9 Å². The number of hydrogen-bond acceptors (Lipinski definition) is 6. The van der Waals surface area contributed by atoms with Gasteiger partial charge in [0.1, 0.15) is 11.2 Å². The summed E-state index contributed by atoms with van der Waals surface area (Å²) in [5, 5.41) is 7.35. The summed E-state index contributed by atoms with van der Waals surface area (Å²) in [6.07, 6.45) is 3.60. The van der Waals surface area contributed by atoms with Crippen LogP contribution < -0.4 is 10.9 Å². The summed E-state index contributed by atoms with van der Waals surface area (Å²) in [7, 11) is 0. The molecule has 144 valence electrons. The highest BCUT2D eigenvalue weighted by Gasteiger charge is 2.23. The predicted octanol–water partition coefficient (Wildman–Crippen LogP) is 0.863. The molecule has 0 radical (unpaired) electrons. The summed E-state index contributed by atoms with van der Waals surface area (Å²) < 4.78 is 6.54. The first-order valence-corrected chi connectivity index (χ1v) is 9.07. The van der Waals surface area contributed by atoms with Gasteiger partial charge in [0.25, 0.3) is 11.5 Å². The number of fused-ring (bicyclic) bond motifs is 1. The quantitative estimate of drug-likeness (QED) is 0.586. The average Bonchev–Trinajstić information content (AvgIpc) is 3.40. The van der Waals surface area contributed by atoms with Crippen LogP contribution in [-0.2, 0) is 20.7 Å². The Morgan fingerprint density at radius 2 is 2.04 bits per heavy atom. The second-order valence-corrected chi connectivity index (χ2v) is 6.64. The number of benzene rings is 1. The number of nitrogens with zero attached hydrogens (tertiary/aromatic N) is 3. The third-order valence-corrected chi connectivity index (χ3v) is 4.36. The van der Waals surface area contributed by atoms with Crippen LogP contribution in [0, 0.1) is 0 Å². The fraction of sp³-hybridized carbons (Fsp3) is 0.316. The lowest BCUT2D eigenvalue weighted by atomic mass is 10.3. The van der Waals surface area contributed by atoms with Gasteiger partial charge in [0.15, 0.2) is 12.3 Å². The zero-order chi connectivity index (χ0) is 19.5. The third kappa shape index (κ3) is 4.08. The maximum atomic E-state index is 12.3. The summed E-state index contributed by atoms with van der Waals surface area (Å²) in [5.74, 6) is -0.463. The SMILES string of the molecule is O=C(COC(=O)CCc1nc2c(cnn2-c2ccccc2)c(=O)[nH]1)NC1CC1. The Kier molecular flexibility index (Phi) is 4.88. The minimum absolute atomic E-state index is 0.00459. The molecule has 1 fully saturated rings. The Balaban J connectivity index is 1.43. The summed E-state index contributed by atoms with van der Waals surface area (Å²) in [6.45, 7) is -0.293. The van der Waals surface area contributed by atoms with Crippen molar-refractivity contribution in [1.82, 2.24) is 25.1 Å². The molecule has 2 heterocycles. The van der Waals surface area contributed by atoms with Crippen molar-refractivity contribution in [3.63, 3.8) is 0 Å². The molecular formula is C19H19N5O4. The van der Waals surface area contributed by atoms with Gasteiger partial charge in [-0.2, -0.15) is 5.10 Å². The average molecular weight is 381 g/mol. The van der Waals surface area contributed by atoms with Gasteiger partial charge >= 0.3 is 5.97 Å². The molecule has 0 bridgehead atoms. The second-order valence-electron chi connectivity index (χ2n) is 6.64. The van der Waals surface area contributed by atoms with E-state index in [4.69, 9.17) is 4.74 Å². The van der Waals surface area contributed by atoms with Crippen LogP contribution in [0.2, 0.25) is 0 Å². The van der Waals surface area contributed by atoms with Crippen LogP contribution in [-0.4, -0.2) is 44.3 Å². The van der Waals surface area contributed by atoms with Gasteiger partial charge in [0.05, 0.1) is 18.3 Å². The van der Waals surface area contributed by atoms with Gasteiger partial charge in [-0.1, -0.05) is 18.2 Å². The minimum Gasteiger partial charge on any atom is -0.456 e. The number of rotatable bonds is 7. The van der Waals surface area contributed by atoms with Gasteiger partial charge in [-0.05, 0) is 25.0 Å². The minimum atomic E-state index is -0.523. The van der Waals surface area contributed by atoms with Gasteiger partial charge in [-0.3, -0.25) is 14.4 Å². The van der Waals surface area contributed by atoms with E-state index < -0.39 is 5.97 Å². The number of esters is 1. The van der Waals surface area contributed by atoms with Crippen LogP contribution in [0.3, 0.4) is 0 Å². The van der Waals surface area contributed by atoms with Crippen molar-refractivity contribution in [1.29, 1.82) is 0 Å². The number of nitrogens with one attached hydrogen (secondary N) is 2. The number of carbonyl (C=O) groups excluding carboxylic acids is 2. The number of aromatic amines is 1. The first kappa shape index (κ1) is 17.9. The molecule has 1 aliphatic rings. The summed E-state index contributed by atoms with van der Waals surface area (Å²) in [4.78, 5) is 42.8. The molecule has 9 nitrogen and oxygen atoms in total. The van der Waals surface area contributed by atoms with Gasteiger partial charge < -0.3 is 15.0 Å². The Bertz CT molecular complexity index is 1070. The molecule has 0 atom stereocenters. The fourth-order valence-electron chi connectivity index (χ4n) is 2.78. The second kappa shape index (κ2) is 7.63. The van der Waals surface area contributed by atoms with Gasteiger partial charge in [-0.25, -0.2) is 9.67 Å². The lowest BCUT2D eigenvalue weighted by molar-refractivity contribution is -0.148. The zero-order valence-corrected chi connectivity index (χ0v) is 15.1. The predicted molar refractivity (Wildman–Crippen MR) is 99.9 cm³/mol. The molecule has 1 amide bonds. The largest absolute Gasteiger partial charge is 0.456 e. The number of H-pyrrole nitrogens is 1. The molecule has 0 spiro atoms. The molecule has 0 unspecified atom stereocenters. The molecule has 1 aromatic carbocycles. The Morgan fingerprint density at radius 1 is 1.25 bits per heavy atom. The van der Waals surface area contributed by atoms with Gasteiger partial charge in [0, 0.05) is 12.5 Å². The Morgan fingerprint density at radius 3 is 2.79 bits per heavy atom. The number of ether oxygens (including phenoxy) is 1. The van der Waals surface area contributed by atoms with Crippen molar-refractivity contribution in [2.75, 3.05) is 6.61 Å². The van der Waals surface area contributed by atoms with E-state index in [0.29, 0.717) is 16.9 Å². The molecule has 1 saturated carbocycles. The molecule has 2 N–H and O–H groups in total. The number of para-hydroxylation sites is 1. The molecule has 0 saturated heterocycles. The third-order valence-electron chi connectivity index (χ3n) is 4.36. The molecule has 0 aliphatic heterocycles. The van der Waals surface area contributed by atoms with Crippen molar-refractivity contribution in [2.24, 2.45) is 0 Å². The van der Waals surface area contributed by atoms with Crippen LogP contribution in [0.1, 0.15) is 25.1 Å². The normalized spacial score (nSPS) is 13.4. The Labute approximate surface area is 159 Å². The van der Waals surface area contributed by atoms with E-state index in [2.05, 4.69) is 20.4 Å². The van der Waals surface area contributed by atoms with Gasteiger partial charge in [-0.15, -0.1) is 0 Å². The van der Waals surface area contributed by atoms with Crippen molar-refractivity contribution in [3.8, 4) is 5.69 Å². The van der Waals surface area contributed by atoms with Crippen LogP contribution in [0.5, 0.6) is 0 Å². The number of carbonyl (C=O) groups is 2. The molecule has 28 heavy (non-hydrogen) atoms. The van der Waals surface area contributed by atoms with E-state index in [1.807, 2.05) is 30.3 Å². The monoisotopic (exact) mass is 381 g/mol. The smallest absolute Gasteiger partial charge is 0.306 e. The maximum Gasteiger partial charge on any atom is 0.306 e. The highest BCUT2D eigenvalue weighted by atomic mass is 16.5. The van der Waals surface area contributed by atoms with Crippen LogP contribution >= 0.6 is 0 Å². The lowest BCUT2D eigenvalue weighted by Gasteiger charge is -2.06. The topological polar surface area (TPSA) is 119 Å². The van der Waals surface area contributed by atoms with E-state index in [1.165, 1.54) is 6.20 Å². The first-order chi connectivity index (χ1) is 13.6. The summed E-state index contributed by atoms with van der Waals surface area (Å²) >= 11 is 0. The van der Waals surface area contributed by atoms with Crippen LogP contribution in [0.4, 0.5) is 0 Å². The maximum absolute atomic E-state index is 12.3. The van der Waals surface area contributed by atoms with E-state index in [9.17, 15) is 14.4 Å². The summed E-state index contributed by atoms with van der Waals surface area (Å²) in [5.41, 5.74) is 0.879. The molecule has 2 aromatic heterocycles. The highest BCUT2D eigenvalue weighted by molar-refractivity contribution is 5.81. The standard InChI is InChI=1S/C19H19N5O4/c25-16(21-12-6-7-12)11-28-17(26)9-8-15-22-18-14(19(27)23-15)10-20-24(18)13-4-2-1-3-5-13/h1-5,10,12H,6-9,11H2,(H,21,25)(H,22,23,27). The fourth-order valence-corrected chi connectivity index (χ4v) is 2.78. The zero-order valence-electron chi connectivity index (χ0n) is 15.1. The van der Waals surface area contributed by atoms with Gasteiger partial charge in [0.2, 0.25) is 0 Å². The number of hydrogen-bond donors (Lipinski definition) is 2. The van der Waals surface area contributed by atoms with E-state index >= 15 is 0 Å². The molecule has 1 aliphatic carbocycles. The molecular weight excluding hydrogens is 362 g/mol. The summed E-state index contributed by atoms with van der Waals surface area (Å²) in [6, 6.07) is 9.57. The molecule has 9 heteroatoms. The lowest BCUT2D eigenvalue weighted by Crippen LogP contribution is -2.30. The van der Waals surface area contributed by atoms with Crippen molar-refractivity contribution < 1.29 is 14.3 Å². The first-order valence-electron chi connectivity index (χ1n) is 9.07. The molecule has 3 aromatic rings. The Hall–Kier alpha value is -3.49. The van der Waals surface area contributed by atoms with E-state index in [1.54, 1.807) is 4.68 Å². The highest BCUT2D eigenvalue weighted by Crippen LogP contribution is 2.18. The van der Waals surface area contributed by atoms with E-state index in [-0.39, 0.29) is 37.0 Å². The molecule has 4 rings (SSSR count). The number of aryl methyl sites for hydroxylation is 1. The van der Waals surface area contributed by atoms with Crippen LogP contribution in [0.15, 0.2) is 41.3 Å². The number of amides is 1. The van der Waals surface area contributed by atoms with Crippen molar-refractivity contribution in [2.45, 2.75) is 31.7 Å². The van der Waals surface area contributed by atoms with Crippen LogP contribution in [0.25, 0.3) is 16.7 Å². The van der Waals surface area contributed by atoms with Crippen molar-refractivity contribution in [3.05, 3.63) is 52.7 Å².